The smallest absolute Gasteiger partial charge is 0.257 e. The van der Waals surface area contributed by atoms with Gasteiger partial charge in [0.05, 0.1) is 18.5 Å². The number of carbonyl (C=O) groups excluding carboxylic acids is 2. The van der Waals surface area contributed by atoms with Crippen molar-refractivity contribution in [2.75, 3.05) is 32.7 Å². The Morgan fingerprint density at radius 1 is 1.13 bits per heavy atom. The molecule has 2 aliphatic rings. The van der Waals surface area contributed by atoms with Gasteiger partial charge in [0.2, 0.25) is 5.91 Å². The molecule has 0 bridgehead atoms. The van der Waals surface area contributed by atoms with Gasteiger partial charge in [0, 0.05) is 39.0 Å². The molecule has 3 heterocycles. The Labute approximate surface area is 182 Å². The highest BCUT2D eigenvalue weighted by molar-refractivity contribution is 6.03. The summed E-state index contributed by atoms with van der Waals surface area (Å²) in [5.41, 5.74) is 3.09. The number of piperazine rings is 1. The zero-order valence-electron chi connectivity index (χ0n) is 17.9. The van der Waals surface area contributed by atoms with Gasteiger partial charge in [-0.05, 0) is 24.6 Å². The standard InChI is InChI=1S/C24H28N4O3/c1-3-5-23(29)27-13-11-26(12-14-27)17-24(30)28-21(22-6-4-15-31-22)16-20(25-28)19-9-7-18(2)8-10-19/h3-4,6-10,15,21H,1,5,11-14,16-17H2,2H3. The van der Waals surface area contributed by atoms with Crippen molar-refractivity contribution in [1.29, 1.82) is 0 Å². The first-order chi connectivity index (χ1) is 15.0. The van der Waals surface area contributed by atoms with Gasteiger partial charge >= 0.3 is 0 Å². The highest BCUT2D eigenvalue weighted by Crippen LogP contribution is 2.33. The predicted octanol–water partition coefficient (Wildman–Crippen LogP) is 2.99. The molecule has 0 spiro atoms. The lowest BCUT2D eigenvalue weighted by molar-refractivity contribution is -0.136. The minimum Gasteiger partial charge on any atom is -0.467 e. The van der Waals surface area contributed by atoms with Crippen LogP contribution in [0.15, 0.2) is 64.8 Å². The van der Waals surface area contributed by atoms with Crippen LogP contribution in [0, 0.1) is 6.92 Å². The van der Waals surface area contributed by atoms with E-state index in [0.717, 1.165) is 17.0 Å². The highest BCUT2D eigenvalue weighted by Gasteiger charge is 2.35. The molecule has 0 radical (unpaired) electrons. The number of aryl methyl sites for hydroxylation is 1. The maximum atomic E-state index is 13.2. The Balaban J connectivity index is 1.45. The maximum Gasteiger partial charge on any atom is 0.257 e. The van der Waals surface area contributed by atoms with E-state index >= 15 is 0 Å². The van der Waals surface area contributed by atoms with Gasteiger partial charge in [-0.15, -0.1) is 6.58 Å². The van der Waals surface area contributed by atoms with Crippen LogP contribution < -0.4 is 0 Å². The Bertz CT molecular complexity index is 957. The average molecular weight is 421 g/mol. The van der Waals surface area contributed by atoms with Crippen LogP contribution in [0.3, 0.4) is 0 Å². The lowest BCUT2D eigenvalue weighted by Crippen LogP contribution is -2.51. The van der Waals surface area contributed by atoms with Crippen LogP contribution in [0.5, 0.6) is 0 Å². The lowest BCUT2D eigenvalue weighted by atomic mass is 10.0. The van der Waals surface area contributed by atoms with E-state index in [2.05, 4.69) is 23.6 Å². The molecule has 1 unspecified atom stereocenters. The lowest BCUT2D eigenvalue weighted by Gasteiger charge is -2.35. The molecule has 2 aromatic rings. The molecule has 162 valence electrons. The number of rotatable bonds is 6. The number of hydrogen-bond donors (Lipinski definition) is 0. The number of benzene rings is 1. The molecule has 2 amide bonds. The van der Waals surface area contributed by atoms with Crippen molar-refractivity contribution in [3.05, 3.63) is 72.2 Å². The second-order valence-electron chi connectivity index (χ2n) is 8.04. The summed E-state index contributed by atoms with van der Waals surface area (Å²) in [5, 5.41) is 6.27. The third-order valence-corrected chi connectivity index (χ3v) is 5.83. The van der Waals surface area contributed by atoms with E-state index in [4.69, 9.17) is 9.52 Å². The molecule has 0 aliphatic carbocycles. The second kappa shape index (κ2) is 9.31. The van der Waals surface area contributed by atoms with Crippen LogP contribution in [0.4, 0.5) is 0 Å². The summed E-state index contributed by atoms with van der Waals surface area (Å²) >= 11 is 0. The van der Waals surface area contributed by atoms with E-state index in [0.29, 0.717) is 39.0 Å². The molecule has 0 saturated carbocycles. The van der Waals surface area contributed by atoms with Gasteiger partial charge in [-0.1, -0.05) is 35.9 Å². The monoisotopic (exact) mass is 420 g/mol. The molecule has 31 heavy (non-hydrogen) atoms. The van der Waals surface area contributed by atoms with Crippen molar-refractivity contribution in [3.63, 3.8) is 0 Å². The summed E-state index contributed by atoms with van der Waals surface area (Å²) in [6, 6.07) is 11.7. The Morgan fingerprint density at radius 3 is 2.52 bits per heavy atom. The third-order valence-electron chi connectivity index (χ3n) is 5.83. The number of furan rings is 1. The molecular weight excluding hydrogens is 392 g/mol. The zero-order valence-corrected chi connectivity index (χ0v) is 17.9. The fourth-order valence-electron chi connectivity index (χ4n) is 4.03. The Morgan fingerprint density at radius 2 is 1.87 bits per heavy atom. The quantitative estimate of drug-likeness (QED) is 0.674. The first-order valence-corrected chi connectivity index (χ1v) is 10.7. The fraction of sp³-hybridized carbons (Fsp3) is 0.375. The molecule has 1 aromatic carbocycles. The van der Waals surface area contributed by atoms with Crippen LogP contribution >= 0.6 is 0 Å². The Kier molecular flexibility index (Phi) is 6.32. The SMILES string of the molecule is C=CCC(=O)N1CCN(CC(=O)N2N=C(c3ccc(C)cc3)CC2c2ccco2)CC1. The number of nitrogens with zero attached hydrogens (tertiary/aromatic N) is 4. The predicted molar refractivity (Wildman–Crippen MR) is 118 cm³/mol. The Hall–Kier alpha value is -3.19. The van der Waals surface area contributed by atoms with E-state index in [1.54, 1.807) is 17.3 Å². The van der Waals surface area contributed by atoms with Gasteiger partial charge < -0.3 is 9.32 Å². The third kappa shape index (κ3) is 4.77. The van der Waals surface area contributed by atoms with Gasteiger partial charge in [0.25, 0.3) is 5.91 Å². The molecule has 4 rings (SSSR count). The summed E-state index contributed by atoms with van der Waals surface area (Å²) in [4.78, 5) is 29.2. The van der Waals surface area contributed by atoms with Gasteiger partial charge in [0.15, 0.2) is 0 Å². The fourth-order valence-corrected chi connectivity index (χ4v) is 4.03. The highest BCUT2D eigenvalue weighted by atomic mass is 16.3. The molecule has 0 N–H and O–H groups in total. The molecular formula is C24H28N4O3. The molecule has 7 nitrogen and oxygen atoms in total. The van der Waals surface area contributed by atoms with Crippen LogP contribution in [0.2, 0.25) is 0 Å². The molecule has 7 heteroatoms. The van der Waals surface area contributed by atoms with Crippen LogP contribution in [-0.2, 0) is 9.59 Å². The molecule has 2 aliphatic heterocycles. The van der Waals surface area contributed by atoms with Gasteiger partial charge in [-0.3, -0.25) is 14.5 Å². The number of amides is 2. The summed E-state index contributed by atoms with van der Waals surface area (Å²) in [7, 11) is 0. The van der Waals surface area contributed by atoms with Crippen molar-refractivity contribution in [2.24, 2.45) is 5.10 Å². The van der Waals surface area contributed by atoms with Crippen molar-refractivity contribution in [2.45, 2.75) is 25.8 Å². The number of hydrogen-bond acceptors (Lipinski definition) is 5. The summed E-state index contributed by atoms with van der Waals surface area (Å²) < 4.78 is 5.62. The number of carbonyl (C=O) groups is 2. The molecule has 1 atom stereocenters. The van der Waals surface area contributed by atoms with E-state index in [9.17, 15) is 9.59 Å². The van der Waals surface area contributed by atoms with E-state index in [-0.39, 0.29) is 24.4 Å². The zero-order chi connectivity index (χ0) is 21.8. The van der Waals surface area contributed by atoms with Gasteiger partial charge in [-0.25, -0.2) is 5.01 Å². The number of hydrazone groups is 1. The normalized spacial score (nSPS) is 19.4. The van der Waals surface area contributed by atoms with Crippen molar-refractivity contribution in [1.82, 2.24) is 14.8 Å². The van der Waals surface area contributed by atoms with Crippen LogP contribution in [0.25, 0.3) is 0 Å². The van der Waals surface area contributed by atoms with Crippen molar-refractivity contribution >= 4 is 17.5 Å². The first-order valence-electron chi connectivity index (χ1n) is 10.7. The van der Waals surface area contributed by atoms with E-state index < -0.39 is 0 Å². The van der Waals surface area contributed by atoms with E-state index in [1.807, 2.05) is 36.1 Å². The summed E-state index contributed by atoms with van der Waals surface area (Å²) in [6.45, 7) is 8.53. The second-order valence-corrected chi connectivity index (χ2v) is 8.04. The largest absolute Gasteiger partial charge is 0.467 e. The van der Waals surface area contributed by atoms with Gasteiger partial charge in [-0.2, -0.15) is 5.10 Å². The van der Waals surface area contributed by atoms with E-state index in [1.165, 1.54) is 5.56 Å². The topological polar surface area (TPSA) is 69.4 Å². The van der Waals surface area contributed by atoms with Crippen LogP contribution in [-0.4, -0.2) is 65.1 Å². The molecule has 1 fully saturated rings. The first kappa shape index (κ1) is 21.1. The maximum absolute atomic E-state index is 13.2. The van der Waals surface area contributed by atoms with Crippen LogP contribution in [0.1, 0.15) is 35.8 Å². The van der Waals surface area contributed by atoms with Crippen molar-refractivity contribution in [3.8, 4) is 0 Å². The van der Waals surface area contributed by atoms with Gasteiger partial charge in [0.1, 0.15) is 11.8 Å². The average Bonchev–Trinajstić information content (AvgIpc) is 3.45. The minimum atomic E-state index is -0.241. The summed E-state index contributed by atoms with van der Waals surface area (Å²) in [6.07, 6.45) is 4.23. The molecule has 1 saturated heterocycles. The van der Waals surface area contributed by atoms with Crippen molar-refractivity contribution < 1.29 is 14.0 Å². The molecule has 1 aromatic heterocycles. The summed E-state index contributed by atoms with van der Waals surface area (Å²) in [5.74, 6) is 0.763. The minimum absolute atomic E-state index is 0.0608.